The van der Waals surface area contributed by atoms with Crippen molar-refractivity contribution in [2.24, 2.45) is 0 Å². The highest BCUT2D eigenvalue weighted by Gasteiger charge is 2.19. The Kier molecular flexibility index (Phi) is 5.74. The highest BCUT2D eigenvalue weighted by atomic mass is 19.1. The minimum absolute atomic E-state index is 0.0684. The lowest BCUT2D eigenvalue weighted by Crippen LogP contribution is -2.31. The molecule has 1 aromatic heterocycles. The third-order valence-electron chi connectivity index (χ3n) is 5.35. The van der Waals surface area contributed by atoms with Crippen molar-refractivity contribution in [1.82, 2.24) is 9.88 Å². The van der Waals surface area contributed by atoms with Crippen LogP contribution in [0, 0.1) is 5.82 Å². The number of amides is 1. The summed E-state index contributed by atoms with van der Waals surface area (Å²) in [5.41, 5.74) is 2.95. The minimum Gasteiger partial charge on any atom is -0.493 e. The first-order valence-electron chi connectivity index (χ1n) is 10.3. The van der Waals surface area contributed by atoms with Crippen LogP contribution >= 0.6 is 0 Å². The van der Waals surface area contributed by atoms with Crippen LogP contribution in [0.4, 0.5) is 4.39 Å². The summed E-state index contributed by atoms with van der Waals surface area (Å²) in [5, 5.41) is 0.818. The number of rotatable bonds is 4. The second-order valence-corrected chi connectivity index (χ2v) is 7.38. The van der Waals surface area contributed by atoms with Crippen molar-refractivity contribution < 1.29 is 13.9 Å². The van der Waals surface area contributed by atoms with Crippen LogP contribution in [0.15, 0.2) is 48.5 Å². The molecule has 5 heteroatoms. The van der Waals surface area contributed by atoms with Gasteiger partial charge in [0.2, 0.25) is 0 Å². The maximum atomic E-state index is 13.3. The number of carbonyl (C=O) groups is 1. The highest BCUT2D eigenvalue weighted by molar-refractivity contribution is 5.99. The van der Waals surface area contributed by atoms with E-state index in [2.05, 4.69) is 0 Å². The Balaban J connectivity index is 1.73. The number of ether oxygens (including phenoxy) is 1. The van der Waals surface area contributed by atoms with E-state index in [4.69, 9.17) is 9.72 Å². The van der Waals surface area contributed by atoms with Gasteiger partial charge in [0, 0.05) is 35.7 Å². The quantitative estimate of drug-likeness (QED) is 0.592. The molecule has 0 atom stereocenters. The molecule has 0 bridgehead atoms. The van der Waals surface area contributed by atoms with E-state index < -0.39 is 0 Å². The highest BCUT2D eigenvalue weighted by Crippen LogP contribution is 2.31. The molecular weight excluding hydrogens is 367 g/mol. The lowest BCUT2D eigenvalue weighted by atomic mass is 10.1. The van der Waals surface area contributed by atoms with E-state index in [0.29, 0.717) is 23.6 Å². The summed E-state index contributed by atoms with van der Waals surface area (Å²) in [7, 11) is 0. The number of likely N-dealkylation sites (tertiary alicyclic amines) is 1. The summed E-state index contributed by atoms with van der Waals surface area (Å²) in [6.07, 6.45) is 4.50. The van der Waals surface area contributed by atoms with Gasteiger partial charge in [-0.25, -0.2) is 9.37 Å². The molecule has 1 saturated heterocycles. The monoisotopic (exact) mass is 392 g/mol. The van der Waals surface area contributed by atoms with E-state index in [1.807, 2.05) is 36.1 Å². The van der Waals surface area contributed by atoms with Gasteiger partial charge in [0.25, 0.3) is 5.91 Å². The van der Waals surface area contributed by atoms with Gasteiger partial charge >= 0.3 is 0 Å². The molecule has 0 saturated carbocycles. The Bertz CT molecular complexity index is 1010. The maximum Gasteiger partial charge on any atom is 0.253 e. The summed E-state index contributed by atoms with van der Waals surface area (Å²) < 4.78 is 19.1. The number of hydrogen-bond acceptors (Lipinski definition) is 3. The number of halogens is 1. The first-order chi connectivity index (χ1) is 14.2. The topological polar surface area (TPSA) is 42.4 Å². The van der Waals surface area contributed by atoms with Crippen LogP contribution in [-0.4, -0.2) is 35.5 Å². The molecule has 3 aromatic rings. The number of nitrogens with zero attached hydrogens (tertiary/aromatic N) is 2. The maximum absolute atomic E-state index is 13.3. The molecule has 1 amide bonds. The SMILES string of the molecule is CCOc1cc(-c2ccc(F)cc2)nc2ccc(C(=O)N3CCCCCC3)cc12. The number of carbonyl (C=O) groups excluding carboxylic acids is 1. The van der Waals surface area contributed by atoms with E-state index in [1.54, 1.807) is 12.1 Å². The largest absolute Gasteiger partial charge is 0.493 e. The average molecular weight is 392 g/mol. The summed E-state index contributed by atoms with van der Waals surface area (Å²) in [5.74, 6) is 0.470. The zero-order valence-corrected chi connectivity index (χ0v) is 16.7. The lowest BCUT2D eigenvalue weighted by Gasteiger charge is -2.20. The van der Waals surface area contributed by atoms with Crippen LogP contribution in [-0.2, 0) is 0 Å². The standard InChI is InChI=1S/C24H25FN2O2/c1-2-29-23-16-22(17-7-10-19(25)11-8-17)26-21-12-9-18(15-20(21)23)24(28)27-13-5-3-4-6-14-27/h7-12,15-16H,2-6,13-14H2,1H3. The molecule has 29 heavy (non-hydrogen) atoms. The normalized spacial score (nSPS) is 14.6. The predicted molar refractivity (Wildman–Crippen MR) is 113 cm³/mol. The molecule has 4 rings (SSSR count). The molecule has 0 aliphatic carbocycles. The molecule has 4 nitrogen and oxygen atoms in total. The summed E-state index contributed by atoms with van der Waals surface area (Å²) in [6.45, 7) is 4.07. The zero-order chi connectivity index (χ0) is 20.2. The number of aromatic nitrogens is 1. The number of benzene rings is 2. The number of pyridine rings is 1. The second kappa shape index (κ2) is 8.60. The first kappa shape index (κ1) is 19.4. The fourth-order valence-corrected chi connectivity index (χ4v) is 3.83. The van der Waals surface area contributed by atoms with Crippen LogP contribution in [0.5, 0.6) is 5.75 Å². The van der Waals surface area contributed by atoms with E-state index in [1.165, 1.54) is 25.0 Å². The molecular formula is C24H25FN2O2. The molecule has 0 spiro atoms. The Morgan fingerprint density at radius 1 is 1.03 bits per heavy atom. The summed E-state index contributed by atoms with van der Waals surface area (Å²) in [6, 6.07) is 13.7. The first-order valence-corrected chi connectivity index (χ1v) is 10.3. The minimum atomic E-state index is -0.281. The molecule has 2 aromatic carbocycles. The van der Waals surface area contributed by atoms with Gasteiger partial charge in [-0.05, 0) is 62.2 Å². The van der Waals surface area contributed by atoms with Crippen molar-refractivity contribution in [3.05, 3.63) is 59.9 Å². The van der Waals surface area contributed by atoms with Gasteiger partial charge in [-0.15, -0.1) is 0 Å². The van der Waals surface area contributed by atoms with Crippen LogP contribution < -0.4 is 4.74 Å². The van der Waals surface area contributed by atoms with Gasteiger partial charge in [-0.3, -0.25) is 4.79 Å². The van der Waals surface area contributed by atoms with E-state index in [-0.39, 0.29) is 11.7 Å². The molecule has 1 aliphatic heterocycles. The van der Waals surface area contributed by atoms with Crippen LogP contribution in [0.25, 0.3) is 22.2 Å². The fraction of sp³-hybridized carbons (Fsp3) is 0.333. The van der Waals surface area contributed by atoms with E-state index >= 15 is 0 Å². The van der Waals surface area contributed by atoms with Crippen molar-refractivity contribution >= 4 is 16.8 Å². The molecule has 0 unspecified atom stereocenters. The average Bonchev–Trinajstić information content (AvgIpc) is 3.03. The second-order valence-electron chi connectivity index (χ2n) is 7.38. The van der Waals surface area contributed by atoms with Gasteiger partial charge in [0.15, 0.2) is 0 Å². The van der Waals surface area contributed by atoms with Gasteiger partial charge in [-0.2, -0.15) is 0 Å². The zero-order valence-electron chi connectivity index (χ0n) is 16.7. The fourth-order valence-electron chi connectivity index (χ4n) is 3.83. The van der Waals surface area contributed by atoms with Gasteiger partial charge in [-0.1, -0.05) is 12.8 Å². The Morgan fingerprint density at radius 3 is 2.45 bits per heavy atom. The number of fused-ring (bicyclic) bond motifs is 1. The van der Waals surface area contributed by atoms with E-state index in [0.717, 1.165) is 42.4 Å². The molecule has 1 fully saturated rings. The van der Waals surface area contributed by atoms with E-state index in [9.17, 15) is 9.18 Å². The molecule has 0 radical (unpaired) electrons. The summed E-state index contributed by atoms with van der Waals surface area (Å²) in [4.78, 5) is 19.7. The Morgan fingerprint density at radius 2 is 1.76 bits per heavy atom. The third-order valence-corrected chi connectivity index (χ3v) is 5.35. The van der Waals surface area contributed by atoms with Crippen LogP contribution in [0.3, 0.4) is 0 Å². The molecule has 1 aliphatic rings. The molecule has 150 valence electrons. The third kappa shape index (κ3) is 4.24. The van der Waals surface area contributed by atoms with Gasteiger partial charge < -0.3 is 9.64 Å². The van der Waals surface area contributed by atoms with Crippen LogP contribution in [0.1, 0.15) is 43.0 Å². The van der Waals surface area contributed by atoms with Gasteiger partial charge in [0.05, 0.1) is 17.8 Å². The number of hydrogen-bond donors (Lipinski definition) is 0. The Labute approximate surface area is 170 Å². The van der Waals surface area contributed by atoms with Crippen molar-refractivity contribution in [3.63, 3.8) is 0 Å². The molecule has 0 N–H and O–H groups in total. The van der Waals surface area contributed by atoms with Crippen molar-refractivity contribution in [2.75, 3.05) is 19.7 Å². The summed E-state index contributed by atoms with van der Waals surface area (Å²) >= 11 is 0. The Hall–Kier alpha value is -2.95. The smallest absolute Gasteiger partial charge is 0.253 e. The van der Waals surface area contributed by atoms with Gasteiger partial charge in [0.1, 0.15) is 11.6 Å². The lowest BCUT2D eigenvalue weighted by molar-refractivity contribution is 0.0762. The van der Waals surface area contributed by atoms with Crippen LogP contribution in [0.2, 0.25) is 0 Å². The molecule has 2 heterocycles. The van der Waals surface area contributed by atoms with Crippen molar-refractivity contribution in [2.45, 2.75) is 32.6 Å². The van der Waals surface area contributed by atoms with Crippen molar-refractivity contribution in [3.8, 4) is 17.0 Å². The predicted octanol–water partition coefficient (Wildman–Crippen LogP) is 5.46. The van der Waals surface area contributed by atoms with Crippen molar-refractivity contribution in [1.29, 1.82) is 0 Å².